The minimum absolute atomic E-state index is 0.0183. The molecule has 1 atom stereocenters. The maximum atomic E-state index is 12.8. The molecule has 2 aliphatic rings. The van der Waals surface area contributed by atoms with Crippen LogP contribution in [0.15, 0.2) is 48.2 Å². The van der Waals surface area contributed by atoms with E-state index in [1.807, 2.05) is 26.0 Å². The van der Waals surface area contributed by atoms with E-state index in [-0.39, 0.29) is 11.8 Å². The van der Waals surface area contributed by atoms with Crippen LogP contribution >= 0.6 is 11.6 Å². The van der Waals surface area contributed by atoms with Gasteiger partial charge in [0.2, 0.25) is 5.91 Å². The van der Waals surface area contributed by atoms with Crippen LogP contribution in [0.2, 0.25) is 5.02 Å². The number of carbonyl (C=O) groups excluding carboxylic acids is 3. The first-order valence-corrected chi connectivity index (χ1v) is 12.2. The van der Waals surface area contributed by atoms with Gasteiger partial charge in [0.05, 0.1) is 24.3 Å². The van der Waals surface area contributed by atoms with E-state index in [1.165, 1.54) is 6.08 Å². The number of nitrogens with zero attached hydrogens (tertiary/aromatic N) is 2. The summed E-state index contributed by atoms with van der Waals surface area (Å²) in [5, 5.41) is 5.65. The molecule has 4 rings (SSSR count). The third-order valence-corrected chi connectivity index (χ3v) is 6.26. The van der Waals surface area contributed by atoms with Crippen molar-refractivity contribution in [1.29, 1.82) is 0 Å². The van der Waals surface area contributed by atoms with Crippen molar-refractivity contribution in [3.63, 3.8) is 0 Å². The number of amides is 4. The normalized spacial score (nSPS) is 17.8. The van der Waals surface area contributed by atoms with Gasteiger partial charge in [-0.1, -0.05) is 24.6 Å². The smallest absolute Gasteiger partial charge is 0.329 e. The van der Waals surface area contributed by atoms with Crippen molar-refractivity contribution in [2.24, 2.45) is 0 Å². The van der Waals surface area contributed by atoms with Crippen molar-refractivity contribution in [2.75, 3.05) is 43.1 Å². The molecule has 190 valence electrons. The van der Waals surface area contributed by atoms with Crippen LogP contribution in [-0.4, -0.2) is 61.7 Å². The van der Waals surface area contributed by atoms with Crippen molar-refractivity contribution in [1.82, 2.24) is 10.2 Å². The van der Waals surface area contributed by atoms with Crippen molar-refractivity contribution in [2.45, 2.75) is 26.4 Å². The first-order valence-electron chi connectivity index (χ1n) is 11.9. The molecule has 0 aromatic heterocycles. The van der Waals surface area contributed by atoms with Gasteiger partial charge in [-0.15, -0.1) is 0 Å². The Hall–Kier alpha value is -3.56. The Labute approximate surface area is 215 Å². The van der Waals surface area contributed by atoms with Crippen molar-refractivity contribution < 1.29 is 23.9 Å². The Bertz CT molecular complexity index is 1160. The minimum Gasteiger partial charge on any atom is -0.489 e. The SMILES string of the molecule is CC[C@H](C)Oc1ccc(/C=C2\NC(=O)N(CC(=O)Nc3ccc(N4CCOCC4)cc3)C2=O)cc1Cl. The minimum atomic E-state index is -0.660. The van der Waals surface area contributed by atoms with E-state index in [2.05, 4.69) is 15.5 Å². The maximum absolute atomic E-state index is 12.8. The number of imide groups is 1. The molecule has 36 heavy (non-hydrogen) atoms. The molecule has 0 radical (unpaired) electrons. The van der Waals surface area contributed by atoms with Crippen molar-refractivity contribution in [3.8, 4) is 5.75 Å². The summed E-state index contributed by atoms with van der Waals surface area (Å²) in [7, 11) is 0. The Kier molecular flexibility index (Phi) is 8.12. The first-order chi connectivity index (χ1) is 17.3. The Morgan fingerprint density at radius 2 is 1.92 bits per heavy atom. The van der Waals surface area contributed by atoms with Gasteiger partial charge >= 0.3 is 6.03 Å². The summed E-state index contributed by atoms with van der Waals surface area (Å²) in [6.45, 7) is 6.56. The number of hydrogen-bond donors (Lipinski definition) is 2. The summed E-state index contributed by atoms with van der Waals surface area (Å²) in [6.07, 6.45) is 2.37. The largest absolute Gasteiger partial charge is 0.489 e. The number of carbonyl (C=O) groups is 3. The van der Waals surface area contributed by atoms with Crippen LogP contribution in [0.3, 0.4) is 0 Å². The van der Waals surface area contributed by atoms with Crippen LogP contribution < -0.4 is 20.3 Å². The molecule has 0 unspecified atom stereocenters. The summed E-state index contributed by atoms with van der Waals surface area (Å²) in [5.74, 6) is -0.520. The standard InChI is InChI=1S/C26H29ClN4O5/c1-3-17(2)36-23-9-4-18(14-21(23)27)15-22-25(33)31(26(34)29-22)16-24(32)28-19-5-7-20(8-6-19)30-10-12-35-13-11-30/h4-9,14-15,17H,3,10-13,16H2,1-2H3,(H,28,32)(H,29,34)/b22-15-/t17-/m0/s1. The lowest BCUT2D eigenvalue weighted by atomic mass is 10.1. The van der Waals surface area contributed by atoms with Gasteiger partial charge in [0.1, 0.15) is 18.0 Å². The molecule has 2 aromatic rings. The van der Waals surface area contributed by atoms with Gasteiger partial charge in [0.15, 0.2) is 0 Å². The predicted octanol–water partition coefficient (Wildman–Crippen LogP) is 3.89. The third kappa shape index (κ3) is 6.16. The molecule has 9 nitrogen and oxygen atoms in total. The zero-order chi connectivity index (χ0) is 25.7. The number of rotatable bonds is 8. The first kappa shape index (κ1) is 25.5. The Morgan fingerprint density at radius 3 is 2.58 bits per heavy atom. The fourth-order valence-corrected chi connectivity index (χ4v) is 4.04. The highest BCUT2D eigenvalue weighted by Gasteiger charge is 2.35. The molecule has 0 aliphatic carbocycles. The maximum Gasteiger partial charge on any atom is 0.329 e. The lowest BCUT2D eigenvalue weighted by Gasteiger charge is -2.28. The molecule has 4 amide bonds. The average molecular weight is 513 g/mol. The summed E-state index contributed by atoms with van der Waals surface area (Å²) in [6, 6.07) is 11.9. The van der Waals surface area contributed by atoms with E-state index in [4.69, 9.17) is 21.1 Å². The molecule has 0 spiro atoms. The number of anilines is 2. The Balaban J connectivity index is 1.36. The summed E-state index contributed by atoms with van der Waals surface area (Å²) in [4.78, 5) is 40.8. The van der Waals surface area contributed by atoms with Crippen molar-refractivity contribution >= 4 is 46.9 Å². The lowest BCUT2D eigenvalue weighted by Crippen LogP contribution is -2.38. The monoisotopic (exact) mass is 512 g/mol. The van der Waals surface area contributed by atoms with Gasteiger partial charge in [-0.3, -0.25) is 9.59 Å². The zero-order valence-corrected chi connectivity index (χ0v) is 21.0. The van der Waals surface area contributed by atoms with Crippen molar-refractivity contribution in [3.05, 3.63) is 58.7 Å². The van der Waals surface area contributed by atoms with Gasteiger partial charge in [-0.25, -0.2) is 9.69 Å². The quantitative estimate of drug-likeness (QED) is 0.411. The molecule has 2 fully saturated rings. The topological polar surface area (TPSA) is 100 Å². The van der Waals surface area contributed by atoms with Crippen LogP contribution in [0, 0.1) is 0 Å². The van der Waals surface area contributed by atoms with Gasteiger partial charge < -0.3 is 25.0 Å². The lowest BCUT2D eigenvalue weighted by molar-refractivity contribution is -0.127. The van der Waals surface area contributed by atoms with Gasteiger partial charge in [-0.2, -0.15) is 0 Å². The zero-order valence-electron chi connectivity index (χ0n) is 20.3. The molecule has 2 saturated heterocycles. The highest BCUT2D eigenvalue weighted by atomic mass is 35.5. The van der Waals surface area contributed by atoms with E-state index < -0.39 is 24.4 Å². The van der Waals surface area contributed by atoms with E-state index >= 15 is 0 Å². The molecular weight excluding hydrogens is 484 g/mol. The van der Waals surface area contributed by atoms with Crippen LogP contribution in [0.5, 0.6) is 5.75 Å². The van der Waals surface area contributed by atoms with Gasteiger partial charge in [0.25, 0.3) is 5.91 Å². The average Bonchev–Trinajstić information content (AvgIpc) is 3.13. The number of ether oxygens (including phenoxy) is 2. The number of halogens is 1. The number of hydrogen-bond acceptors (Lipinski definition) is 6. The summed E-state index contributed by atoms with van der Waals surface area (Å²) < 4.78 is 11.1. The van der Waals surface area contributed by atoms with Crippen LogP contribution in [-0.2, 0) is 14.3 Å². The highest BCUT2D eigenvalue weighted by Crippen LogP contribution is 2.28. The molecular formula is C26H29ClN4O5. The second-order valence-corrected chi connectivity index (χ2v) is 9.01. The second-order valence-electron chi connectivity index (χ2n) is 8.60. The third-order valence-electron chi connectivity index (χ3n) is 5.96. The van der Waals surface area contributed by atoms with E-state index in [1.54, 1.807) is 30.3 Å². The highest BCUT2D eigenvalue weighted by molar-refractivity contribution is 6.32. The number of urea groups is 1. The van der Waals surface area contributed by atoms with E-state index in [0.29, 0.717) is 35.2 Å². The fourth-order valence-electron chi connectivity index (χ4n) is 3.81. The molecule has 2 heterocycles. The molecule has 10 heteroatoms. The molecule has 0 bridgehead atoms. The molecule has 0 saturated carbocycles. The number of nitrogens with one attached hydrogen (secondary N) is 2. The molecule has 2 aliphatic heterocycles. The van der Waals surface area contributed by atoms with Gasteiger partial charge in [-0.05, 0) is 61.4 Å². The summed E-state index contributed by atoms with van der Waals surface area (Å²) >= 11 is 6.31. The van der Waals surface area contributed by atoms with Crippen LogP contribution in [0.4, 0.5) is 16.2 Å². The number of benzene rings is 2. The summed E-state index contributed by atoms with van der Waals surface area (Å²) in [5.41, 5.74) is 2.30. The fraction of sp³-hybridized carbons (Fsp3) is 0.346. The molecule has 2 N–H and O–H groups in total. The predicted molar refractivity (Wildman–Crippen MR) is 138 cm³/mol. The second kappa shape index (κ2) is 11.5. The number of morpholine rings is 1. The molecule has 2 aromatic carbocycles. The Morgan fingerprint density at radius 1 is 1.19 bits per heavy atom. The van der Waals surface area contributed by atoms with Gasteiger partial charge in [0, 0.05) is 24.5 Å². The van der Waals surface area contributed by atoms with E-state index in [0.717, 1.165) is 30.1 Å². The van der Waals surface area contributed by atoms with Crippen LogP contribution in [0.1, 0.15) is 25.8 Å². The van der Waals surface area contributed by atoms with E-state index in [9.17, 15) is 14.4 Å². The van der Waals surface area contributed by atoms with Crippen LogP contribution in [0.25, 0.3) is 6.08 Å².